The summed E-state index contributed by atoms with van der Waals surface area (Å²) in [4.78, 5) is 0. The zero-order valence-electron chi connectivity index (χ0n) is 13.7. The topological polar surface area (TPSA) is 20.2 Å². The Hall–Kier alpha value is -2.38. The van der Waals surface area contributed by atoms with E-state index in [4.69, 9.17) is 0 Å². The molecule has 2 atom stereocenters. The molecular weight excluding hydrogens is 292 g/mol. The molecule has 1 N–H and O–H groups in total. The van der Waals surface area contributed by atoms with Gasteiger partial charge in [0.1, 0.15) is 0 Å². The van der Waals surface area contributed by atoms with Gasteiger partial charge >= 0.3 is 0 Å². The first-order valence-electron chi connectivity index (χ1n) is 8.68. The molecule has 3 aromatic carbocycles. The van der Waals surface area contributed by atoms with Crippen molar-refractivity contribution in [2.75, 3.05) is 0 Å². The Labute approximate surface area is 143 Å². The van der Waals surface area contributed by atoms with Crippen LogP contribution in [0, 0.1) is 5.92 Å². The van der Waals surface area contributed by atoms with Gasteiger partial charge in [-0.05, 0) is 41.0 Å². The summed E-state index contributed by atoms with van der Waals surface area (Å²) in [5.41, 5.74) is 5.07. The van der Waals surface area contributed by atoms with Gasteiger partial charge in [-0.3, -0.25) is 0 Å². The molecule has 0 bridgehead atoms. The molecule has 4 rings (SSSR count). The molecular formula is C23H22O. The molecule has 0 radical (unpaired) electrons. The highest BCUT2D eigenvalue weighted by molar-refractivity contribution is 5.37. The first kappa shape index (κ1) is 15.2. The van der Waals surface area contributed by atoms with E-state index in [0.29, 0.717) is 5.92 Å². The number of hydrogen-bond acceptors (Lipinski definition) is 1. The van der Waals surface area contributed by atoms with Crippen molar-refractivity contribution in [1.82, 2.24) is 0 Å². The number of benzene rings is 3. The Morgan fingerprint density at radius 1 is 0.750 bits per heavy atom. The lowest BCUT2D eigenvalue weighted by Gasteiger charge is -2.24. The van der Waals surface area contributed by atoms with Crippen LogP contribution in [0.25, 0.3) is 0 Å². The standard InChI is InChI=1S/C23H22O/c24-23-20(15-19-13-7-8-14-21(19)23)16-22(17-9-3-1-4-10-17)18-11-5-2-6-12-18/h1-14,20,22-24H,15-16H2. The number of aliphatic hydroxyl groups excluding tert-OH is 1. The molecule has 0 heterocycles. The highest BCUT2D eigenvalue weighted by Crippen LogP contribution is 2.42. The fourth-order valence-corrected chi connectivity index (χ4v) is 4.01. The monoisotopic (exact) mass is 314 g/mol. The van der Waals surface area contributed by atoms with Crippen LogP contribution in [-0.4, -0.2) is 5.11 Å². The van der Waals surface area contributed by atoms with Crippen molar-refractivity contribution in [2.45, 2.75) is 24.9 Å². The van der Waals surface area contributed by atoms with Crippen molar-refractivity contribution in [3.63, 3.8) is 0 Å². The van der Waals surface area contributed by atoms with E-state index < -0.39 is 0 Å². The minimum atomic E-state index is -0.351. The average Bonchev–Trinajstić information content (AvgIpc) is 2.97. The quantitative estimate of drug-likeness (QED) is 0.709. The number of rotatable bonds is 4. The highest BCUT2D eigenvalue weighted by Gasteiger charge is 2.33. The van der Waals surface area contributed by atoms with Crippen molar-refractivity contribution in [3.05, 3.63) is 107 Å². The lowest BCUT2D eigenvalue weighted by atomic mass is 9.82. The second-order valence-corrected chi connectivity index (χ2v) is 6.72. The molecule has 24 heavy (non-hydrogen) atoms. The Bertz CT molecular complexity index is 755. The second-order valence-electron chi connectivity index (χ2n) is 6.72. The van der Waals surface area contributed by atoms with Gasteiger partial charge in [-0.2, -0.15) is 0 Å². The first-order chi connectivity index (χ1) is 11.8. The average molecular weight is 314 g/mol. The lowest BCUT2D eigenvalue weighted by molar-refractivity contribution is 0.116. The fourth-order valence-electron chi connectivity index (χ4n) is 4.01. The molecule has 0 aliphatic heterocycles. The molecule has 0 amide bonds. The van der Waals surface area contributed by atoms with E-state index in [1.165, 1.54) is 16.7 Å². The highest BCUT2D eigenvalue weighted by atomic mass is 16.3. The summed E-state index contributed by atoms with van der Waals surface area (Å²) in [6.45, 7) is 0. The minimum Gasteiger partial charge on any atom is -0.388 e. The van der Waals surface area contributed by atoms with Crippen LogP contribution in [-0.2, 0) is 6.42 Å². The van der Waals surface area contributed by atoms with E-state index in [9.17, 15) is 5.11 Å². The van der Waals surface area contributed by atoms with Crippen LogP contribution in [0.1, 0.15) is 40.7 Å². The van der Waals surface area contributed by atoms with Gasteiger partial charge in [0.25, 0.3) is 0 Å². The molecule has 1 aliphatic carbocycles. The predicted octanol–water partition coefficient (Wildman–Crippen LogP) is 5.11. The Morgan fingerprint density at radius 2 is 1.29 bits per heavy atom. The molecule has 120 valence electrons. The summed E-state index contributed by atoms with van der Waals surface area (Å²) in [5.74, 6) is 0.592. The maximum atomic E-state index is 10.8. The van der Waals surface area contributed by atoms with Crippen molar-refractivity contribution < 1.29 is 5.11 Å². The van der Waals surface area contributed by atoms with Crippen LogP contribution in [0.5, 0.6) is 0 Å². The molecule has 3 aromatic rings. The van der Waals surface area contributed by atoms with Gasteiger partial charge in [0, 0.05) is 5.92 Å². The van der Waals surface area contributed by atoms with E-state index in [-0.39, 0.29) is 12.0 Å². The first-order valence-corrected chi connectivity index (χ1v) is 8.68. The molecule has 0 saturated carbocycles. The lowest BCUT2D eigenvalue weighted by Crippen LogP contribution is -2.13. The molecule has 0 saturated heterocycles. The van der Waals surface area contributed by atoms with Gasteiger partial charge in [0.05, 0.1) is 6.10 Å². The van der Waals surface area contributed by atoms with Gasteiger partial charge in [-0.1, -0.05) is 84.9 Å². The van der Waals surface area contributed by atoms with Gasteiger partial charge < -0.3 is 5.11 Å². The summed E-state index contributed by atoms with van der Waals surface area (Å²) in [6.07, 6.45) is 1.58. The Balaban J connectivity index is 1.64. The third-order valence-electron chi connectivity index (χ3n) is 5.24. The van der Waals surface area contributed by atoms with Crippen LogP contribution in [0.15, 0.2) is 84.9 Å². The van der Waals surface area contributed by atoms with Gasteiger partial charge in [-0.15, -0.1) is 0 Å². The normalized spacial score (nSPS) is 19.4. The van der Waals surface area contributed by atoms with Crippen molar-refractivity contribution >= 4 is 0 Å². The van der Waals surface area contributed by atoms with Gasteiger partial charge in [-0.25, -0.2) is 0 Å². The van der Waals surface area contributed by atoms with E-state index in [1.807, 2.05) is 6.07 Å². The largest absolute Gasteiger partial charge is 0.388 e. The Kier molecular flexibility index (Phi) is 4.18. The van der Waals surface area contributed by atoms with E-state index in [0.717, 1.165) is 18.4 Å². The molecule has 1 heteroatoms. The van der Waals surface area contributed by atoms with Gasteiger partial charge in [0.2, 0.25) is 0 Å². The van der Waals surface area contributed by atoms with E-state index in [2.05, 4.69) is 78.9 Å². The van der Waals surface area contributed by atoms with Crippen LogP contribution < -0.4 is 0 Å². The van der Waals surface area contributed by atoms with Crippen LogP contribution >= 0.6 is 0 Å². The Morgan fingerprint density at radius 3 is 1.88 bits per heavy atom. The summed E-state index contributed by atoms with van der Waals surface area (Å²) in [7, 11) is 0. The number of fused-ring (bicyclic) bond motifs is 1. The SMILES string of the molecule is OC1c2ccccc2CC1CC(c1ccccc1)c1ccccc1. The molecule has 1 aliphatic rings. The number of hydrogen-bond donors (Lipinski definition) is 1. The molecule has 2 unspecified atom stereocenters. The second kappa shape index (κ2) is 6.62. The van der Waals surface area contributed by atoms with Crippen molar-refractivity contribution in [3.8, 4) is 0 Å². The van der Waals surface area contributed by atoms with E-state index >= 15 is 0 Å². The van der Waals surface area contributed by atoms with Crippen molar-refractivity contribution in [2.24, 2.45) is 5.92 Å². The molecule has 0 fully saturated rings. The summed E-state index contributed by atoms with van der Waals surface area (Å²) < 4.78 is 0. The summed E-state index contributed by atoms with van der Waals surface area (Å²) >= 11 is 0. The van der Waals surface area contributed by atoms with Crippen LogP contribution in [0.4, 0.5) is 0 Å². The maximum absolute atomic E-state index is 10.8. The maximum Gasteiger partial charge on any atom is 0.0824 e. The van der Waals surface area contributed by atoms with Crippen molar-refractivity contribution in [1.29, 1.82) is 0 Å². The fraction of sp³-hybridized carbons (Fsp3) is 0.217. The zero-order valence-corrected chi connectivity index (χ0v) is 13.7. The third kappa shape index (κ3) is 2.88. The molecule has 0 spiro atoms. The molecule has 0 aromatic heterocycles. The number of aliphatic hydroxyl groups is 1. The smallest absolute Gasteiger partial charge is 0.0824 e. The van der Waals surface area contributed by atoms with E-state index in [1.54, 1.807) is 0 Å². The molecule has 1 nitrogen and oxygen atoms in total. The van der Waals surface area contributed by atoms with Gasteiger partial charge in [0.15, 0.2) is 0 Å². The minimum absolute atomic E-state index is 0.271. The summed E-state index contributed by atoms with van der Waals surface area (Å²) in [6, 6.07) is 29.6. The van der Waals surface area contributed by atoms with Crippen LogP contribution in [0.2, 0.25) is 0 Å². The summed E-state index contributed by atoms with van der Waals surface area (Å²) in [5, 5.41) is 10.8. The predicted molar refractivity (Wildman–Crippen MR) is 97.9 cm³/mol. The van der Waals surface area contributed by atoms with Crippen LogP contribution in [0.3, 0.4) is 0 Å². The third-order valence-corrected chi connectivity index (χ3v) is 5.24. The zero-order chi connectivity index (χ0) is 16.4.